The number of nitrogens with one attached hydrogen (secondary N) is 2. The number of piperidine rings is 1. The van der Waals surface area contributed by atoms with E-state index in [0.717, 1.165) is 30.1 Å². The number of imide groups is 2. The predicted molar refractivity (Wildman–Crippen MR) is 98.3 cm³/mol. The number of carbonyl (C=O) groups excluding carboxylic acids is 4. The fraction of sp³-hybridized carbons (Fsp3) is 0.500. The summed E-state index contributed by atoms with van der Waals surface area (Å²) < 4.78 is 0. The molecular formula is C20H22N4O4. The summed E-state index contributed by atoms with van der Waals surface area (Å²) in [5.41, 5.74) is 1.68. The summed E-state index contributed by atoms with van der Waals surface area (Å²) in [6.07, 6.45) is 2.71. The second-order valence-electron chi connectivity index (χ2n) is 8.16. The van der Waals surface area contributed by atoms with Crippen molar-refractivity contribution in [1.29, 1.82) is 0 Å². The monoisotopic (exact) mass is 382 g/mol. The first-order valence-electron chi connectivity index (χ1n) is 9.82. The second-order valence-corrected chi connectivity index (χ2v) is 8.16. The van der Waals surface area contributed by atoms with Crippen LogP contribution < -0.4 is 10.6 Å². The number of hydrogen-bond donors (Lipinski definition) is 2. The molecule has 0 aromatic heterocycles. The van der Waals surface area contributed by atoms with Crippen molar-refractivity contribution in [3.63, 3.8) is 0 Å². The van der Waals surface area contributed by atoms with Crippen molar-refractivity contribution in [2.45, 2.75) is 50.4 Å². The molecule has 4 amide bonds. The van der Waals surface area contributed by atoms with Crippen LogP contribution in [0.25, 0.3) is 0 Å². The molecule has 3 atom stereocenters. The minimum atomic E-state index is -0.919. The third-order valence-corrected chi connectivity index (χ3v) is 6.20. The zero-order valence-corrected chi connectivity index (χ0v) is 15.4. The Labute approximate surface area is 162 Å². The summed E-state index contributed by atoms with van der Waals surface area (Å²) in [7, 11) is 0. The highest BCUT2D eigenvalue weighted by Crippen LogP contribution is 2.29. The lowest BCUT2D eigenvalue weighted by Gasteiger charge is -2.32. The van der Waals surface area contributed by atoms with Crippen LogP contribution >= 0.6 is 0 Å². The van der Waals surface area contributed by atoms with Gasteiger partial charge < -0.3 is 5.32 Å². The molecular weight excluding hydrogens is 360 g/mol. The zero-order chi connectivity index (χ0) is 19.4. The summed E-state index contributed by atoms with van der Waals surface area (Å²) >= 11 is 0. The van der Waals surface area contributed by atoms with E-state index in [2.05, 4.69) is 15.5 Å². The molecule has 28 heavy (non-hydrogen) atoms. The first-order chi connectivity index (χ1) is 13.5. The van der Waals surface area contributed by atoms with Gasteiger partial charge in [0.1, 0.15) is 6.04 Å². The van der Waals surface area contributed by atoms with Crippen LogP contribution in [-0.4, -0.2) is 64.6 Å². The minimum absolute atomic E-state index is 0.125. The average molecular weight is 382 g/mol. The van der Waals surface area contributed by atoms with Crippen molar-refractivity contribution >= 4 is 23.6 Å². The maximum Gasteiger partial charge on any atom is 0.262 e. The maximum atomic E-state index is 12.9. The quantitative estimate of drug-likeness (QED) is 0.716. The van der Waals surface area contributed by atoms with E-state index in [1.54, 1.807) is 12.1 Å². The first-order valence-corrected chi connectivity index (χ1v) is 9.82. The summed E-state index contributed by atoms with van der Waals surface area (Å²) in [4.78, 5) is 52.6. The number of likely N-dealkylation sites (tertiary alicyclic amines) is 1. The number of rotatable bonds is 3. The van der Waals surface area contributed by atoms with E-state index in [0.29, 0.717) is 23.2 Å². The van der Waals surface area contributed by atoms with Gasteiger partial charge >= 0.3 is 0 Å². The molecule has 0 radical (unpaired) electrons. The predicted octanol–water partition coefficient (Wildman–Crippen LogP) is 0.0240. The van der Waals surface area contributed by atoms with Gasteiger partial charge in [-0.1, -0.05) is 6.07 Å². The Morgan fingerprint density at radius 1 is 0.929 bits per heavy atom. The van der Waals surface area contributed by atoms with Crippen LogP contribution in [0.1, 0.15) is 52.0 Å². The highest BCUT2D eigenvalue weighted by Gasteiger charge is 2.44. The standard InChI is InChI=1S/C20H22N4O4/c25-17-6-5-16(18(26)22-17)24-19(27)14-4-1-11(7-15(14)20(24)28)8-23-9-12-2-3-13(10-23)21-12/h1,4,7,12-13,16,21H,2-3,5-6,8-10H2,(H,22,25,26). The Balaban J connectivity index is 1.36. The van der Waals surface area contributed by atoms with Crippen molar-refractivity contribution in [3.8, 4) is 0 Å². The Bertz CT molecular complexity index is 886. The van der Waals surface area contributed by atoms with Gasteiger partial charge in [-0.2, -0.15) is 0 Å². The molecule has 3 unspecified atom stereocenters. The van der Waals surface area contributed by atoms with E-state index in [1.807, 2.05) is 6.07 Å². The summed E-state index contributed by atoms with van der Waals surface area (Å²) in [5, 5.41) is 5.82. The van der Waals surface area contributed by atoms with Crippen LogP contribution in [0.4, 0.5) is 0 Å². The molecule has 3 saturated heterocycles. The number of carbonyl (C=O) groups is 4. The summed E-state index contributed by atoms with van der Waals surface area (Å²) in [6, 6.07) is 5.53. The van der Waals surface area contributed by atoms with Crippen LogP contribution in [0.15, 0.2) is 18.2 Å². The molecule has 8 nitrogen and oxygen atoms in total. The lowest BCUT2D eigenvalue weighted by Crippen LogP contribution is -2.54. The number of benzene rings is 1. The van der Waals surface area contributed by atoms with Gasteiger partial charge in [-0.3, -0.25) is 34.3 Å². The Kier molecular flexibility index (Phi) is 4.06. The van der Waals surface area contributed by atoms with Gasteiger partial charge in [-0.25, -0.2) is 0 Å². The molecule has 146 valence electrons. The van der Waals surface area contributed by atoms with Crippen molar-refractivity contribution in [3.05, 3.63) is 34.9 Å². The molecule has 4 aliphatic heterocycles. The van der Waals surface area contributed by atoms with Crippen LogP contribution in [-0.2, 0) is 16.1 Å². The lowest BCUT2D eigenvalue weighted by atomic mass is 10.0. The van der Waals surface area contributed by atoms with Crippen molar-refractivity contribution < 1.29 is 19.2 Å². The van der Waals surface area contributed by atoms with Crippen molar-refractivity contribution in [2.75, 3.05) is 13.1 Å². The zero-order valence-electron chi connectivity index (χ0n) is 15.4. The number of piperazine rings is 1. The third-order valence-electron chi connectivity index (χ3n) is 6.20. The minimum Gasteiger partial charge on any atom is -0.309 e. The molecule has 0 spiro atoms. The first kappa shape index (κ1) is 17.5. The normalized spacial score (nSPS) is 30.0. The van der Waals surface area contributed by atoms with Crippen LogP contribution in [0.5, 0.6) is 0 Å². The van der Waals surface area contributed by atoms with E-state index < -0.39 is 23.8 Å². The van der Waals surface area contributed by atoms with Crippen LogP contribution in [0.3, 0.4) is 0 Å². The summed E-state index contributed by atoms with van der Waals surface area (Å²) in [5.74, 6) is -1.86. The largest absolute Gasteiger partial charge is 0.309 e. The highest BCUT2D eigenvalue weighted by molar-refractivity contribution is 6.23. The molecule has 2 N–H and O–H groups in total. The van der Waals surface area contributed by atoms with E-state index in [9.17, 15) is 19.2 Å². The summed E-state index contributed by atoms with van der Waals surface area (Å²) in [6.45, 7) is 2.72. The van der Waals surface area contributed by atoms with Gasteiger partial charge in [-0.15, -0.1) is 0 Å². The van der Waals surface area contributed by atoms with Gasteiger partial charge in [-0.05, 0) is 37.0 Å². The Hall–Kier alpha value is -2.58. The van der Waals surface area contributed by atoms with E-state index in [1.165, 1.54) is 12.8 Å². The fourth-order valence-corrected chi connectivity index (χ4v) is 4.89. The Morgan fingerprint density at radius 3 is 2.36 bits per heavy atom. The van der Waals surface area contributed by atoms with E-state index >= 15 is 0 Å². The maximum absolute atomic E-state index is 12.9. The van der Waals surface area contributed by atoms with Gasteiger partial charge in [0.05, 0.1) is 11.1 Å². The number of amides is 4. The van der Waals surface area contributed by atoms with Gasteiger partial charge in [0.25, 0.3) is 11.8 Å². The molecule has 8 heteroatoms. The van der Waals surface area contributed by atoms with E-state index in [-0.39, 0.29) is 18.7 Å². The van der Waals surface area contributed by atoms with Crippen LogP contribution in [0, 0.1) is 0 Å². The van der Waals surface area contributed by atoms with Gasteiger partial charge in [0.15, 0.2) is 0 Å². The number of nitrogens with zero attached hydrogens (tertiary/aromatic N) is 2. The fourth-order valence-electron chi connectivity index (χ4n) is 4.89. The molecule has 0 aliphatic carbocycles. The Morgan fingerprint density at radius 2 is 1.64 bits per heavy atom. The van der Waals surface area contributed by atoms with E-state index in [4.69, 9.17) is 0 Å². The topological polar surface area (TPSA) is 98.8 Å². The van der Waals surface area contributed by atoms with Crippen LogP contribution in [0.2, 0.25) is 0 Å². The number of hydrogen-bond acceptors (Lipinski definition) is 6. The molecule has 3 fully saturated rings. The lowest BCUT2D eigenvalue weighted by molar-refractivity contribution is -0.136. The van der Waals surface area contributed by atoms with Gasteiger partial charge in [0, 0.05) is 38.1 Å². The third kappa shape index (κ3) is 2.84. The SMILES string of the molecule is O=C1CCC(N2C(=O)c3ccc(CN4CC5CCC(C4)N5)cc3C2=O)C(=O)N1. The smallest absolute Gasteiger partial charge is 0.262 e. The molecule has 1 aromatic carbocycles. The molecule has 0 saturated carbocycles. The molecule has 5 rings (SSSR count). The van der Waals surface area contributed by atoms with Crippen molar-refractivity contribution in [1.82, 2.24) is 20.4 Å². The molecule has 2 bridgehead atoms. The highest BCUT2D eigenvalue weighted by atomic mass is 16.2. The average Bonchev–Trinajstić information content (AvgIpc) is 3.12. The van der Waals surface area contributed by atoms with Gasteiger partial charge in [0.2, 0.25) is 11.8 Å². The molecule has 1 aromatic rings. The molecule has 4 aliphatic rings. The second kappa shape index (κ2) is 6.49. The van der Waals surface area contributed by atoms with Crippen molar-refractivity contribution in [2.24, 2.45) is 0 Å². The molecule has 4 heterocycles. The number of fused-ring (bicyclic) bond motifs is 3.